The molecule has 0 spiro atoms. The number of carbonyl (C=O) groups is 1. The van der Waals surface area contributed by atoms with Crippen molar-refractivity contribution in [3.63, 3.8) is 0 Å². The van der Waals surface area contributed by atoms with Crippen molar-refractivity contribution in [1.82, 2.24) is 20.0 Å². The molecule has 1 amide bonds. The standard InChI is InChI=1S/C16H20Cl2N4O2/c1-4-22(5-2)15(23)10-21(3)9-14-19-20-16(24-14)12-7-6-11(17)8-13(12)18/h6-8H,4-5,9-10H2,1-3H3. The van der Waals surface area contributed by atoms with Gasteiger partial charge in [-0.15, -0.1) is 10.2 Å². The molecule has 0 atom stereocenters. The monoisotopic (exact) mass is 370 g/mol. The minimum absolute atomic E-state index is 0.0722. The van der Waals surface area contributed by atoms with Gasteiger partial charge >= 0.3 is 0 Å². The van der Waals surface area contributed by atoms with E-state index in [9.17, 15) is 4.79 Å². The third-order valence-electron chi connectivity index (χ3n) is 3.55. The Balaban J connectivity index is 2.02. The molecule has 0 aliphatic heterocycles. The van der Waals surface area contributed by atoms with Gasteiger partial charge in [-0.05, 0) is 39.1 Å². The molecule has 6 nitrogen and oxygen atoms in total. The van der Waals surface area contributed by atoms with Gasteiger partial charge in [0.05, 0.1) is 23.7 Å². The van der Waals surface area contributed by atoms with Crippen LogP contribution < -0.4 is 0 Å². The maximum Gasteiger partial charge on any atom is 0.249 e. The number of hydrogen-bond donors (Lipinski definition) is 0. The molecule has 0 aliphatic rings. The van der Waals surface area contributed by atoms with E-state index in [4.69, 9.17) is 27.6 Å². The molecule has 24 heavy (non-hydrogen) atoms. The number of benzene rings is 1. The van der Waals surface area contributed by atoms with Crippen LogP contribution in [0.4, 0.5) is 0 Å². The number of halogens is 2. The van der Waals surface area contributed by atoms with Crippen LogP contribution in [-0.2, 0) is 11.3 Å². The lowest BCUT2D eigenvalue weighted by Crippen LogP contribution is -2.38. The van der Waals surface area contributed by atoms with Crippen molar-refractivity contribution in [3.05, 3.63) is 34.1 Å². The first-order valence-corrected chi connectivity index (χ1v) is 8.44. The lowest BCUT2D eigenvalue weighted by molar-refractivity contribution is -0.131. The SMILES string of the molecule is CCN(CC)C(=O)CN(C)Cc1nnc(-c2ccc(Cl)cc2Cl)o1. The highest BCUT2D eigenvalue weighted by Crippen LogP contribution is 2.29. The quantitative estimate of drug-likeness (QED) is 0.747. The molecule has 0 aliphatic carbocycles. The molecule has 0 bridgehead atoms. The number of aromatic nitrogens is 2. The van der Waals surface area contributed by atoms with Gasteiger partial charge in [-0.2, -0.15) is 0 Å². The molecule has 2 aromatic rings. The zero-order chi connectivity index (χ0) is 17.7. The van der Waals surface area contributed by atoms with Gasteiger partial charge in [-0.25, -0.2) is 0 Å². The molecule has 0 radical (unpaired) electrons. The average molecular weight is 371 g/mol. The van der Waals surface area contributed by atoms with E-state index >= 15 is 0 Å². The van der Waals surface area contributed by atoms with Crippen molar-refractivity contribution in [2.75, 3.05) is 26.7 Å². The first-order chi connectivity index (χ1) is 11.4. The maximum atomic E-state index is 12.1. The van der Waals surface area contributed by atoms with Gasteiger partial charge in [0.2, 0.25) is 17.7 Å². The Labute approximate surface area is 151 Å². The molecule has 0 fully saturated rings. The second-order valence-corrected chi connectivity index (χ2v) is 6.21. The summed E-state index contributed by atoms with van der Waals surface area (Å²) < 4.78 is 5.64. The summed E-state index contributed by atoms with van der Waals surface area (Å²) in [5.41, 5.74) is 0.627. The van der Waals surface area contributed by atoms with Crippen LogP contribution in [0.2, 0.25) is 10.0 Å². The number of hydrogen-bond acceptors (Lipinski definition) is 5. The van der Waals surface area contributed by atoms with Crippen molar-refractivity contribution in [1.29, 1.82) is 0 Å². The smallest absolute Gasteiger partial charge is 0.249 e. The van der Waals surface area contributed by atoms with Crippen LogP contribution in [0, 0.1) is 0 Å². The number of rotatable bonds is 7. The molecule has 8 heteroatoms. The minimum atomic E-state index is 0.0722. The first-order valence-electron chi connectivity index (χ1n) is 7.68. The molecule has 130 valence electrons. The second-order valence-electron chi connectivity index (χ2n) is 5.36. The third-order valence-corrected chi connectivity index (χ3v) is 4.10. The predicted molar refractivity (Wildman–Crippen MR) is 94.0 cm³/mol. The zero-order valence-corrected chi connectivity index (χ0v) is 15.4. The topological polar surface area (TPSA) is 62.5 Å². The Morgan fingerprint density at radius 1 is 1.21 bits per heavy atom. The van der Waals surface area contributed by atoms with Crippen LogP contribution in [-0.4, -0.2) is 52.6 Å². The molecule has 1 aromatic heterocycles. The van der Waals surface area contributed by atoms with E-state index in [0.717, 1.165) is 0 Å². The van der Waals surface area contributed by atoms with E-state index in [1.54, 1.807) is 23.1 Å². The summed E-state index contributed by atoms with van der Waals surface area (Å²) in [5, 5.41) is 9.01. The van der Waals surface area contributed by atoms with Gasteiger partial charge in [0.25, 0.3) is 0 Å². The Kier molecular flexibility index (Phi) is 6.60. The predicted octanol–water partition coefficient (Wildman–Crippen LogP) is 3.34. The normalized spacial score (nSPS) is 11.1. The van der Waals surface area contributed by atoms with Gasteiger partial charge in [0, 0.05) is 18.1 Å². The highest BCUT2D eigenvalue weighted by molar-refractivity contribution is 6.36. The summed E-state index contributed by atoms with van der Waals surface area (Å²) in [7, 11) is 1.83. The fourth-order valence-corrected chi connectivity index (χ4v) is 2.77. The minimum Gasteiger partial charge on any atom is -0.419 e. The van der Waals surface area contributed by atoms with Gasteiger partial charge < -0.3 is 9.32 Å². The molecule has 0 saturated heterocycles. The lowest BCUT2D eigenvalue weighted by Gasteiger charge is -2.22. The fourth-order valence-electron chi connectivity index (χ4n) is 2.28. The van der Waals surface area contributed by atoms with E-state index in [0.29, 0.717) is 53.6 Å². The molecule has 0 N–H and O–H groups in total. The van der Waals surface area contributed by atoms with E-state index in [1.807, 2.05) is 25.8 Å². The van der Waals surface area contributed by atoms with Gasteiger partial charge in [-0.1, -0.05) is 23.2 Å². The third kappa shape index (κ3) is 4.69. The van der Waals surface area contributed by atoms with Crippen LogP contribution in [0.15, 0.2) is 22.6 Å². The lowest BCUT2D eigenvalue weighted by atomic mass is 10.2. The summed E-state index contributed by atoms with van der Waals surface area (Å²) in [4.78, 5) is 15.7. The molecule has 1 aromatic carbocycles. The number of nitrogens with zero attached hydrogens (tertiary/aromatic N) is 4. The van der Waals surface area contributed by atoms with E-state index < -0.39 is 0 Å². The summed E-state index contributed by atoms with van der Waals surface area (Å²) in [5.74, 6) is 0.823. The molecule has 2 rings (SSSR count). The van der Waals surface area contributed by atoms with Crippen molar-refractivity contribution in [2.45, 2.75) is 20.4 Å². The Hall–Kier alpha value is -1.63. The number of likely N-dealkylation sites (N-methyl/N-ethyl adjacent to an activating group) is 2. The van der Waals surface area contributed by atoms with E-state index in [1.165, 1.54) is 0 Å². The molecular formula is C16H20Cl2N4O2. The highest BCUT2D eigenvalue weighted by Gasteiger charge is 2.16. The Morgan fingerprint density at radius 2 is 1.92 bits per heavy atom. The van der Waals surface area contributed by atoms with Gasteiger partial charge in [0.1, 0.15) is 0 Å². The van der Waals surface area contributed by atoms with Crippen molar-refractivity contribution >= 4 is 29.1 Å². The summed E-state index contributed by atoms with van der Waals surface area (Å²) in [6, 6.07) is 5.06. The van der Waals surface area contributed by atoms with Crippen LogP contribution in [0.3, 0.4) is 0 Å². The van der Waals surface area contributed by atoms with Crippen LogP contribution in [0.5, 0.6) is 0 Å². The zero-order valence-electron chi connectivity index (χ0n) is 13.9. The van der Waals surface area contributed by atoms with E-state index in [2.05, 4.69) is 10.2 Å². The number of amides is 1. The Morgan fingerprint density at radius 3 is 2.54 bits per heavy atom. The van der Waals surface area contributed by atoms with Gasteiger partial charge in [0.15, 0.2) is 0 Å². The van der Waals surface area contributed by atoms with Crippen molar-refractivity contribution in [3.8, 4) is 11.5 Å². The van der Waals surface area contributed by atoms with Gasteiger partial charge in [-0.3, -0.25) is 9.69 Å². The summed E-state index contributed by atoms with van der Waals surface area (Å²) in [6.45, 7) is 5.99. The van der Waals surface area contributed by atoms with Crippen LogP contribution in [0.25, 0.3) is 11.5 Å². The summed E-state index contributed by atoms with van der Waals surface area (Å²) >= 11 is 12.0. The first kappa shape index (κ1) is 18.7. The molecule has 0 saturated carbocycles. The van der Waals surface area contributed by atoms with Crippen LogP contribution in [0.1, 0.15) is 19.7 Å². The van der Waals surface area contributed by atoms with E-state index in [-0.39, 0.29) is 5.91 Å². The highest BCUT2D eigenvalue weighted by atomic mass is 35.5. The molecule has 1 heterocycles. The van der Waals surface area contributed by atoms with Crippen molar-refractivity contribution in [2.24, 2.45) is 0 Å². The summed E-state index contributed by atoms with van der Waals surface area (Å²) in [6.07, 6.45) is 0. The largest absolute Gasteiger partial charge is 0.419 e. The average Bonchev–Trinajstić information content (AvgIpc) is 2.96. The second kappa shape index (κ2) is 8.46. The number of carbonyl (C=O) groups excluding carboxylic acids is 1. The Bertz CT molecular complexity index is 701. The molecule has 0 unspecified atom stereocenters. The fraction of sp³-hybridized carbons (Fsp3) is 0.438. The molecular weight excluding hydrogens is 351 g/mol. The van der Waals surface area contributed by atoms with Crippen LogP contribution >= 0.6 is 23.2 Å². The van der Waals surface area contributed by atoms with Crippen molar-refractivity contribution < 1.29 is 9.21 Å². The maximum absolute atomic E-state index is 12.1.